The smallest absolute Gasteiger partial charge is 0.360 e. The van der Waals surface area contributed by atoms with Gasteiger partial charge in [-0.25, -0.2) is 4.79 Å². The summed E-state index contributed by atoms with van der Waals surface area (Å²) in [5.74, 6) is -1.19. The summed E-state index contributed by atoms with van der Waals surface area (Å²) in [5, 5.41) is 6.73. The van der Waals surface area contributed by atoms with E-state index >= 15 is 0 Å². The maximum Gasteiger partial charge on any atom is 0.360 e. The third kappa shape index (κ3) is 4.15. The Morgan fingerprint density at radius 3 is 2.39 bits per heavy atom. The average Bonchev–Trinajstić information content (AvgIpc) is 2.70. The van der Waals surface area contributed by atoms with Crippen molar-refractivity contribution in [3.8, 4) is 5.69 Å². The molecule has 7 heteroatoms. The van der Waals surface area contributed by atoms with E-state index in [0.717, 1.165) is 10.2 Å². The van der Waals surface area contributed by atoms with E-state index in [1.807, 2.05) is 19.1 Å². The van der Waals surface area contributed by atoms with E-state index in [0.29, 0.717) is 11.3 Å². The number of anilines is 1. The number of benzene rings is 2. The zero-order valence-electron chi connectivity index (χ0n) is 15.5. The highest BCUT2D eigenvalue weighted by Crippen LogP contribution is 2.15. The van der Waals surface area contributed by atoms with Gasteiger partial charge in [-0.1, -0.05) is 35.9 Å². The Morgan fingerprint density at radius 1 is 1.07 bits per heavy atom. The molecule has 0 aliphatic heterocycles. The van der Waals surface area contributed by atoms with E-state index in [4.69, 9.17) is 4.74 Å². The molecule has 0 spiro atoms. The molecule has 142 valence electrons. The fourth-order valence-electron chi connectivity index (χ4n) is 2.56. The van der Waals surface area contributed by atoms with Crippen LogP contribution >= 0.6 is 0 Å². The van der Waals surface area contributed by atoms with Gasteiger partial charge in [0.05, 0.1) is 18.0 Å². The fourth-order valence-corrected chi connectivity index (χ4v) is 2.56. The van der Waals surface area contributed by atoms with Crippen LogP contribution in [0.3, 0.4) is 0 Å². The average molecular weight is 377 g/mol. The number of carbonyl (C=O) groups excluding carboxylic acids is 2. The highest BCUT2D eigenvalue weighted by molar-refractivity contribution is 6.07. The van der Waals surface area contributed by atoms with Gasteiger partial charge in [0.1, 0.15) is 0 Å². The Morgan fingerprint density at radius 2 is 1.75 bits per heavy atom. The number of nitrogens with zero attached hydrogens (tertiary/aromatic N) is 2. The van der Waals surface area contributed by atoms with Crippen molar-refractivity contribution < 1.29 is 14.3 Å². The highest BCUT2D eigenvalue weighted by atomic mass is 16.5. The van der Waals surface area contributed by atoms with Gasteiger partial charge in [-0.15, -0.1) is 0 Å². The van der Waals surface area contributed by atoms with Crippen LogP contribution in [0.2, 0.25) is 0 Å². The molecule has 1 aromatic heterocycles. The lowest BCUT2D eigenvalue weighted by Crippen LogP contribution is -2.27. The molecule has 3 aromatic rings. The number of rotatable bonds is 5. The number of amides is 1. The van der Waals surface area contributed by atoms with E-state index in [2.05, 4.69) is 10.4 Å². The Balaban J connectivity index is 2.05. The van der Waals surface area contributed by atoms with Crippen LogP contribution in [0.5, 0.6) is 0 Å². The molecule has 7 nitrogen and oxygen atoms in total. The molecular weight excluding hydrogens is 358 g/mol. The lowest BCUT2D eigenvalue weighted by Gasteiger charge is -2.12. The Kier molecular flexibility index (Phi) is 5.64. The fraction of sp³-hybridized carbons (Fsp3) is 0.143. The van der Waals surface area contributed by atoms with Gasteiger partial charge in [-0.2, -0.15) is 9.78 Å². The molecule has 28 heavy (non-hydrogen) atoms. The third-order valence-corrected chi connectivity index (χ3v) is 3.96. The van der Waals surface area contributed by atoms with Crippen LogP contribution in [0.4, 0.5) is 5.69 Å². The normalized spacial score (nSPS) is 10.4. The first kappa shape index (κ1) is 19.0. The number of esters is 1. The van der Waals surface area contributed by atoms with Crippen LogP contribution in [0.15, 0.2) is 65.5 Å². The second-order valence-electron chi connectivity index (χ2n) is 6.03. The minimum atomic E-state index is -0.730. The molecule has 0 saturated heterocycles. The molecule has 0 aliphatic rings. The van der Waals surface area contributed by atoms with Crippen LogP contribution in [0, 0.1) is 6.92 Å². The Bertz CT molecular complexity index is 1060. The third-order valence-electron chi connectivity index (χ3n) is 3.96. The van der Waals surface area contributed by atoms with Crippen LogP contribution in [-0.2, 0) is 4.74 Å². The number of hydrogen-bond acceptors (Lipinski definition) is 5. The molecule has 1 N–H and O–H groups in total. The maximum atomic E-state index is 12.6. The summed E-state index contributed by atoms with van der Waals surface area (Å²) < 4.78 is 6.14. The van der Waals surface area contributed by atoms with E-state index in [1.54, 1.807) is 49.4 Å². The quantitative estimate of drug-likeness (QED) is 0.691. The summed E-state index contributed by atoms with van der Waals surface area (Å²) in [4.78, 5) is 37.4. The first-order valence-corrected chi connectivity index (χ1v) is 8.74. The van der Waals surface area contributed by atoms with Crippen LogP contribution in [0.25, 0.3) is 5.69 Å². The number of nitrogens with one attached hydrogen (secondary N) is 1. The minimum absolute atomic E-state index is 0.000615. The van der Waals surface area contributed by atoms with Crippen molar-refractivity contribution in [2.75, 3.05) is 11.9 Å². The van der Waals surface area contributed by atoms with Crippen molar-refractivity contribution in [2.24, 2.45) is 0 Å². The molecular formula is C21H19N3O4. The summed E-state index contributed by atoms with van der Waals surface area (Å²) in [7, 11) is 0. The molecule has 1 heterocycles. The summed E-state index contributed by atoms with van der Waals surface area (Å²) in [6, 6.07) is 16.7. The second-order valence-corrected chi connectivity index (χ2v) is 6.03. The summed E-state index contributed by atoms with van der Waals surface area (Å²) >= 11 is 0. The predicted octanol–water partition coefficient (Wildman–Crippen LogP) is 2.97. The monoisotopic (exact) mass is 377 g/mol. The summed E-state index contributed by atoms with van der Waals surface area (Å²) in [6.45, 7) is 3.72. The van der Waals surface area contributed by atoms with Crippen molar-refractivity contribution in [3.05, 3.63) is 87.8 Å². The first-order valence-electron chi connectivity index (χ1n) is 8.74. The largest absolute Gasteiger partial charge is 0.461 e. The molecule has 0 unspecified atom stereocenters. The molecule has 1 amide bonds. The van der Waals surface area contributed by atoms with Crippen molar-refractivity contribution >= 4 is 17.6 Å². The lowest BCUT2D eigenvalue weighted by atomic mass is 10.2. The maximum absolute atomic E-state index is 12.6. The molecule has 2 aromatic carbocycles. The Labute approximate surface area is 161 Å². The topological polar surface area (TPSA) is 90.3 Å². The Hall–Kier alpha value is -3.74. The lowest BCUT2D eigenvalue weighted by molar-refractivity contribution is 0.0518. The van der Waals surface area contributed by atoms with E-state index in [-0.39, 0.29) is 18.0 Å². The van der Waals surface area contributed by atoms with Gasteiger partial charge in [-0.3, -0.25) is 9.59 Å². The minimum Gasteiger partial charge on any atom is -0.461 e. The summed E-state index contributed by atoms with van der Waals surface area (Å²) in [5.41, 5.74) is 1.28. The van der Waals surface area contributed by atoms with E-state index in [9.17, 15) is 14.4 Å². The van der Waals surface area contributed by atoms with Gasteiger partial charge in [0.25, 0.3) is 11.5 Å². The van der Waals surface area contributed by atoms with Gasteiger partial charge in [0.15, 0.2) is 5.69 Å². The SMILES string of the molecule is CCOC(=O)c1nn(-c2ccc(C)cc2)c(=O)cc1NC(=O)c1ccccc1. The number of carbonyl (C=O) groups is 2. The number of aromatic nitrogens is 2. The van der Waals surface area contributed by atoms with E-state index in [1.165, 1.54) is 6.07 Å². The number of aryl methyl sites for hydroxylation is 1. The van der Waals surface area contributed by atoms with Crippen molar-refractivity contribution in [1.29, 1.82) is 0 Å². The van der Waals surface area contributed by atoms with Gasteiger partial charge in [0, 0.05) is 11.6 Å². The number of hydrogen-bond donors (Lipinski definition) is 1. The van der Waals surface area contributed by atoms with E-state index < -0.39 is 17.4 Å². The van der Waals surface area contributed by atoms with Gasteiger partial charge >= 0.3 is 5.97 Å². The van der Waals surface area contributed by atoms with Crippen LogP contribution in [-0.4, -0.2) is 28.3 Å². The van der Waals surface area contributed by atoms with Crippen molar-refractivity contribution in [3.63, 3.8) is 0 Å². The van der Waals surface area contributed by atoms with Crippen molar-refractivity contribution in [2.45, 2.75) is 13.8 Å². The number of ether oxygens (including phenoxy) is 1. The molecule has 0 aliphatic carbocycles. The van der Waals surface area contributed by atoms with Gasteiger partial charge in [0.2, 0.25) is 0 Å². The molecule has 0 saturated carbocycles. The predicted molar refractivity (Wildman–Crippen MR) is 105 cm³/mol. The van der Waals surface area contributed by atoms with Gasteiger partial charge in [-0.05, 0) is 38.1 Å². The molecule has 3 rings (SSSR count). The molecule has 0 fully saturated rings. The van der Waals surface area contributed by atoms with Crippen LogP contribution < -0.4 is 10.9 Å². The van der Waals surface area contributed by atoms with Gasteiger partial charge < -0.3 is 10.1 Å². The van der Waals surface area contributed by atoms with Crippen molar-refractivity contribution in [1.82, 2.24) is 9.78 Å². The molecule has 0 radical (unpaired) electrons. The highest BCUT2D eigenvalue weighted by Gasteiger charge is 2.20. The zero-order valence-corrected chi connectivity index (χ0v) is 15.5. The second kappa shape index (κ2) is 8.30. The molecule has 0 bridgehead atoms. The van der Waals surface area contributed by atoms with Crippen LogP contribution in [0.1, 0.15) is 33.3 Å². The zero-order chi connectivity index (χ0) is 20.1. The molecule has 0 atom stereocenters. The first-order chi connectivity index (χ1) is 13.5. The standard InChI is InChI=1S/C21H19N3O4/c1-3-28-21(27)19-17(22-20(26)15-7-5-4-6-8-15)13-18(25)24(23-19)16-11-9-14(2)10-12-16/h4-13H,3H2,1-2H3,(H,22,26). The summed E-state index contributed by atoms with van der Waals surface area (Å²) in [6.07, 6.45) is 0.